The molecule has 0 aliphatic carbocycles. The number of carbonyl (C=O) groups is 1. The second-order valence-electron chi connectivity index (χ2n) is 5.36. The van der Waals surface area contributed by atoms with Gasteiger partial charge in [0.1, 0.15) is 11.5 Å². The van der Waals surface area contributed by atoms with Crippen molar-refractivity contribution in [2.45, 2.75) is 17.1 Å². The van der Waals surface area contributed by atoms with Crippen molar-refractivity contribution < 1.29 is 14.7 Å². The number of thioether (sulfide) groups is 1. The minimum Gasteiger partial charge on any atom is -0.457 e. The third-order valence-electron chi connectivity index (χ3n) is 3.21. The lowest BCUT2D eigenvalue weighted by molar-refractivity contribution is -0.114. The van der Waals surface area contributed by atoms with E-state index in [1.54, 1.807) is 24.3 Å². The fraction of sp³-hybridized carbons (Fsp3) is 0.235. The van der Waals surface area contributed by atoms with Gasteiger partial charge in [-0.25, -0.2) is 0 Å². The van der Waals surface area contributed by atoms with Gasteiger partial charge in [-0.1, -0.05) is 0 Å². The quantitative estimate of drug-likeness (QED) is 0.436. The summed E-state index contributed by atoms with van der Waals surface area (Å²) < 4.78 is 7.05. The van der Waals surface area contributed by atoms with Crippen molar-refractivity contribution in [1.29, 1.82) is 0 Å². The number of benzene rings is 2. The maximum Gasteiger partial charge on any atom is 0.221 e. The lowest BCUT2D eigenvalue weighted by Gasteiger charge is -2.12. The number of rotatable bonds is 7. The Kier molecular flexibility index (Phi) is 5.68. The molecule has 0 bridgehead atoms. The van der Waals surface area contributed by atoms with Crippen molar-refractivity contribution in [2.24, 2.45) is 0 Å². The molecule has 1 unspecified atom stereocenters. The van der Waals surface area contributed by atoms with Crippen LogP contribution in [0.2, 0.25) is 0 Å². The molecule has 1 fully saturated rings. The Hall–Kier alpha value is -1.67. The molecule has 7 heteroatoms. The second kappa shape index (κ2) is 7.94. The van der Waals surface area contributed by atoms with Gasteiger partial charge >= 0.3 is 0 Å². The summed E-state index contributed by atoms with van der Waals surface area (Å²) in [6.45, 7) is 2.15. The molecule has 1 heterocycles. The maximum atomic E-state index is 11.0. The minimum absolute atomic E-state index is 0.102. The van der Waals surface area contributed by atoms with Crippen molar-refractivity contribution in [3.8, 4) is 11.5 Å². The Morgan fingerprint density at radius 2 is 1.83 bits per heavy atom. The van der Waals surface area contributed by atoms with E-state index in [1.807, 2.05) is 36.0 Å². The topological polar surface area (TPSA) is 61.8 Å². The van der Waals surface area contributed by atoms with Crippen molar-refractivity contribution in [1.82, 2.24) is 4.47 Å². The molecule has 1 atom stereocenters. The monoisotopic (exact) mass is 362 g/mol. The van der Waals surface area contributed by atoms with Gasteiger partial charge in [0.2, 0.25) is 5.91 Å². The Morgan fingerprint density at radius 3 is 2.38 bits per heavy atom. The number of ether oxygens (including phenoxy) is 1. The number of hydroxylamine groups is 1. The van der Waals surface area contributed by atoms with E-state index < -0.39 is 0 Å². The van der Waals surface area contributed by atoms with E-state index in [2.05, 4.69) is 5.32 Å². The fourth-order valence-electron chi connectivity index (χ4n) is 2.02. The first-order valence-corrected chi connectivity index (χ1v) is 9.32. The number of anilines is 1. The summed E-state index contributed by atoms with van der Waals surface area (Å²) in [6.07, 6.45) is 0. The van der Waals surface area contributed by atoms with E-state index >= 15 is 0 Å². The molecule has 2 aromatic carbocycles. The molecule has 0 saturated carbocycles. The van der Waals surface area contributed by atoms with Gasteiger partial charge in [0.15, 0.2) is 0 Å². The number of amides is 1. The minimum atomic E-state index is -0.102. The van der Waals surface area contributed by atoms with Crippen molar-refractivity contribution in [2.75, 3.05) is 17.6 Å². The first kappa shape index (κ1) is 17.2. The van der Waals surface area contributed by atoms with Crippen LogP contribution in [0.5, 0.6) is 11.5 Å². The summed E-state index contributed by atoms with van der Waals surface area (Å²) in [5.74, 6) is 2.44. The molecule has 5 nitrogen and oxygen atoms in total. The van der Waals surface area contributed by atoms with Crippen LogP contribution in [0.4, 0.5) is 5.69 Å². The van der Waals surface area contributed by atoms with Crippen LogP contribution < -0.4 is 10.1 Å². The smallest absolute Gasteiger partial charge is 0.221 e. The highest BCUT2D eigenvalue weighted by Gasteiger charge is 2.25. The molecule has 0 aromatic heterocycles. The van der Waals surface area contributed by atoms with Gasteiger partial charge in [0.25, 0.3) is 0 Å². The highest BCUT2D eigenvalue weighted by molar-refractivity contribution is 8.07. The van der Waals surface area contributed by atoms with E-state index in [0.29, 0.717) is 23.3 Å². The van der Waals surface area contributed by atoms with E-state index in [-0.39, 0.29) is 5.91 Å². The summed E-state index contributed by atoms with van der Waals surface area (Å²) in [5.41, 5.74) is 0.735. The average Bonchev–Trinajstić information content (AvgIpc) is 3.34. The average molecular weight is 362 g/mol. The molecule has 1 aliphatic heterocycles. The van der Waals surface area contributed by atoms with Crippen molar-refractivity contribution >= 4 is 35.3 Å². The van der Waals surface area contributed by atoms with Crippen molar-refractivity contribution in [3.05, 3.63) is 48.5 Å². The predicted octanol–water partition coefficient (Wildman–Crippen LogP) is 4.25. The van der Waals surface area contributed by atoms with E-state index in [4.69, 9.17) is 4.74 Å². The number of nitrogens with one attached hydrogen (secondary N) is 1. The number of carbonyl (C=O) groups excluding carboxylic acids is 1. The van der Waals surface area contributed by atoms with Crippen LogP contribution in [0.3, 0.4) is 0 Å². The van der Waals surface area contributed by atoms with Gasteiger partial charge < -0.3 is 15.3 Å². The summed E-state index contributed by atoms with van der Waals surface area (Å²) >= 11 is 3.17. The Labute approximate surface area is 149 Å². The molecule has 126 valence electrons. The first-order valence-electron chi connectivity index (χ1n) is 7.50. The van der Waals surface area contributed by atoms with Gasteiger partial charge in [-0.3, -0.25) is 4.79 Å². The Balaban J connectivity index is 1.54. The lowest BCUT2D eigenvalue weighted by atomic mass is 10.3. The predicted molar refractivity (Wildman–Crippen MR) is 97.9 cm³/mol. The summed E-state index contributed by atoms with van der Waals surface area (Å²) in [4.78, 5) is 11.9. The van der Waals surface area contributed by atoms with Gasteiger partial charge in [-0.05, 0) is 60.5 Å². The van der Waals surface area contributed by atoms with Gasteiger partial charge in [-0.2, -0.15) is 11.8 Å². The molecule has 0 radical (unpaired) electrons. The summed E-state index contributed by atoms with van der Waals surface area (Å²) in [6, 6.07) is 14.7. The molecular formula is C17H18N2O3S2. The number of hydrogen-bond acceptors (Lipinski definition) is 6. The molecule has 0 spiro atoms. The molecule has 2 N–H and O–H groups in total. The third kappa shape index (κ3) is 5.45. The van der Waals surface area contributed by atoms with Crippen LogP contribution >= 0.6 is 23.7 Å². The number of hydrogen-bond donors (Lipinski definition) is 2. The Bertz CT molecular complexity index is 688. The normalized spacial score (nSPS) is 16.0. The lowest BCUT2D eigenvalue weighted by Crippen LogP contribution is -2.15. The highest BCUT2D eigenvalue weighted by Crippen LogP contribution is 2.33. The molecule has 1 saturated heterocycles. The van der Waals surface area contributed by atoms with Crippen LogP contribution in [-0.4, -0.2) is 33.1 Å². The van der Waals surface area contributed by atoms with Gasteiger partial charge in [0.05, 0.1) is 0 Å². The summed E-state index contributed by atoms with van der Waals surface area (Å²) in [5, 5.41) is 13.1. The zero-order valence-corrected chi connectivity index (χ0v) is 14.8. The van der Waals surface area contributed by atoms with E-state index in [9.17, 15) is 10.0 Å². The number of nitrogens with zero attached hydrogens (tertiary/aromatic N) is 1. The summed E-state index contributed by atoms with van der Waals surface area (Å²) in [7, 11) is 0. The van der Waals surface area contributed by atoms with Crippen LogP contribution in [0, 0.1) is 0 Å². The fourth-order valence-corrected chi connectivity index (χ4v) is 3.36. The zero-order chi connectivity index (χ0) is 16.9. The van der Waals surface area contributed by atoms with E-state index in [0.717, 1.165) is 16.3 Å². The molecule has 1 amide bonds. The van der Waals surface area contributed by atoms with Crippen molar-refractivity contribution in [3.63, 3.8) is 0 Å². The van der Waals surface area contributed by atoms with Crippen LogP contribution in [0.15, 0.2) is 53.4 Å². The largest absolute Gasteiger partial charge is 0.457 e. The molecule has 2 aromatic rings. The standard InChI is InChI=1S/C17H18N2O3S2/c1-12(20)18-13-2-4-14(5-3-13)22-15-6-8-16(9-7-15)24-19(21)10-17-11-23-17/h2-9,17,21H,10-11H2,1H3,(H,18,20). The second-order valence-corrected chi connectivity index (χ2v) is 7.77. The highest BCUT2D eigenvalue weighted by atomic mass is 32.2. The Morgan fingerprint density at radius 1 is 1.25 bits per heavy atom. The third-order valence-corrected chi connectivity index (χ3v) is 5.00. The SMILES string of the molecule is CC(=O)Nc1ccc(Oc2ccc(SN(O)CC3CS3)cc2)cc1. The molecular weight excluding hydrogens is 344 g/mol. The molecule has 24 heavy (non-hydrogen) atoms. The van der Waals surface area contributed by atoms with Crippen LogP contribution in [-0.2, 0) is 4.79 Å². The molecule has 3 rings (SSSR count). The van der Waals surface area contributed by atoms with Crippen LogP contribution in [0.1, 0.15) is 6.92 Å². The van der Waals surface area contributed by atoms with Gasteiger partial charge in [0, 0.05) is 35.1 Å². The van der Waals surface area contributed by atoms with Crippen LogP contribution in [0.25, 0.3) is 0 Å². The van der Waals surface area contributed by atoms with E-state index in [1.165, 1.54) is 23.3 Å². The van der Waals surface area contributed by atoms with Gasteiger partial charge in [-0.15, -0.1) is 4.47 Å². The molecule has 1 aliphatic rings. The maximum absolute atomic E-state index is 11.0. The zero-order valence-electron chi connectivity index (χ0n) is 13.1. The first-order chi connectivity index (χ1) is 11.6.